The Labute approximate surface area is 101 Å². The minimum absolute atomic E-state index is 0.0871. The van der Waals surface area contributed by atoms with Crippen molar-refractivity contribution in [3.05, 3.63) is 28.3 Å². The lowest BCUT2D eigenvalue weighted by Gasteiger charge is -2.14. The molecule has 0 radical (unpaired) electrons. The van der Waals surface area contributed by atoms with Gasteiger partial charge in [-0.05, 0) is 18.1 Å². The number of hydrogen-bond acceptors (Lipinski definition) is 4. The lowest BCUT2D eigenvalue weighted by molar-refractivity contribution is -0.384. The van der Waals surface area contributed by atoms with E-state index in [0.717, 1.165) is 18.9 Å². The third-order valence-electron chi connectivity index (χ3n) is 2.91. The predicted octanol–water partition coefficient (Wildman–Crippen LogP) is 3.15. The number of benzene rings is 1. The van der Waals surface area contributed by atoms with Crippen molar-refractivity contribution in [3.63, 3.8) is 0 Å². The third kappa shape index (κ3) is 3.62. The van der Waals surface area contributed by atoms with E-state index >= 15 is 0 Å². The molecule has 0 fully saturated rings. The second kappa shape index (κ2) is 6.08. The molecular weight excluding hydrogens is 220 g/mol. The molecule has 0 saturated carbocycles. The van der Waals surface area contributed by atoms with Gasteiger partial charge < -0.3 is 10.4 Å². The van der Waals surface area contributed by atoms with E-state index in [1.807, 2.05) is 0 Å². The Morgan fingerprint density at radius 2 is 2.06 bits per heavy atom. The number of phenolic OH excluding ortho intramolecular Hbond substituents is 1. The summed E-state index contributed by atoms with van der Waals surface area (Å²) in [6.07, 6.45) is 2.07. The standard InChI is InChI=1S/C12H18N2O3/c1-3-9(4-2)8-13-11-6-5-10(15)7-12(11)14(16)17/h5-7,9,13,15H,3-4,8H2,1-2H3. The lowest BCUT2D eigenvalue weighted by atomic mass is 10.0. The second-order valence-electron chi connectivity index (χ2n) is 4.02. The van der Waals surface area contributed by atoms with Crippen LogP contribution < -0.4 is 5.32 Å². The van der Waals surface area contributed by atoms with Gasteiger partial charge in [-0.25, -0.2) is 0 Å². The molecule has 0 aliphatic heterocycles. The summed E-state index contributed by atoms with van der Waals surface area (Å²) in [5.41, 5.74) is 0.371. The van der Waals surface area contributed by atoms with Gasteiger partial charge in [-0.1, -0.05) is 26.7 Å². The van der Waals surface area contributed by atoms with Gasteiger partial charge in [-0.2, -0.15) is 0 Å². The fourth-order valence-corrected chi connectivity index (χ4v) is 1.65. The Morgan fingerprint density at radius 1 is 1.41 bits per heavy atom. The largest absolute Gasteiger partial charge is 0.508 e. The van der Waals surface area contributed by atoms with Crippen molar-refractivity contribution >= 4 is 11.4 Å². The molecule has 1 rings (SSSR count). The number of phenols is 1. The van der Waals surface area contributed by atoms with E-state index < -0.39 is 4.92 Å². The molecule has 0 aromatic heterocycles. The van der Waals surface area contributed by atoms with Gasteiger partial charge in [0.05, 0.1) is 11.0 Å². The summed E-state index contributed by atoms with van der Waals surface area (Å²) < 4.78 is 0. The maximum Gasteiger partial charge on any atom is 0.296 e. The van der Waals surface area contributed by atoms with Crippen molar-refractivity contribution in [3.8, 4) is 5.75 Å². The summed E-state index contributed by atoms with van der Waals surface area (Å²) in [6, 6.07) is 4.15. The molecule has 94 valence electrons. The van der Waals surface area contributed by atoms with E-state index in [2.05, 4.69) is 19.2 Å². The second-order valence-corrected chi connectivity index (χ2v) is 4.02. The van der Waals surface area contributed by atoms with Gasteiger partial charge in [0.1, 0.15) is 11.4 Å². The van der Waals surface area contributed by atoms with Crippen LogP contribution in [0.5, 0.6) is 5.75 Å². The highest BCUT2D eigenvalue weighted by atomic mass is 16.6. The summed E-state index contributed by atoms with van der Waals surface area (Å²) in [5.74, 6) is 0.410. The summed E-state index contributed by atoms with van der Waals surface area (Å²) in [5, 5.41) is 23.1. The van der Waals surface area contributed by atoms with Crippen LogP contribution in [0, 0.1) is 16.0 Å². The highest BCUT2D eigenvalue weighted by Crippen LogP contribution is 2.28. The Bertz CT molecular complexity index is 389. The Hall–Kier alpha value is -1.78. The van der Waals surface area contributed by atoms with E-state index in [4.69, 9.17) is 0 Å². The van der Waals surface area contributed by atoms with E-state index in [0.29, 0.717) is 18.2 Å². The summed E-state index contributed by atoms with van der Waals surface area (Å²) in [6.45, 7) is 4.90. The fraction of sp³-hybridized carbons (Fsp3) is 0.500. The molecule has 0 unspecified atom stereocenters. The Kier molecular flexibility index (Phi) is 4.75. The van der Waals surface area contributed by atoms with Gasteiger partial charge in [0.15, 0.2) is 0 Å². The first-order chi connectivity index (χ1) is 8.08. The molecule has 0 aliphatic carbocycles. The number of nitrogens with zero attached hydrogens (tertiary/aromatic N) is 1. The van der Waals surface area contributed by atoms with Crippen LogP contribution in [0.4, 0.5) is 11.4 Å². The predicted molar refractivity (Wildman–Crippen MR) is 67.3 cm³/mol. The smallest absolute Gasteiger partial charge is 0.296 e. The summed E-state index contributed by atoms with van der Waals surface area (Å²) in [4.78, 5) is 10.3. The topological polar surface area (TPSA) is 75.4 Å². The zero-order valence-electron chi connectivity index (χ0n) is 10.1. The van der Waals surface area contributed by atoms with Gasteiger partial charge in [0.2, 0.25) is 0 Å². The van der Waals surface area contributed by atoms with Gasteiger partial charge >= 0.3 is 0 Å². The third-order valence-corrected chi connectivity index (χ3v) is 2.91. The van der Waals surface area contributed by atoms with Crippen molar-refractivity contribution in [1.82, 2.24) is 0 Å². The number of nitrogens with one attached hydrogen (secondary N) is 1. The highest BCUT2D eigenvalue weighted by molar-refractivity contribution is 5.63. The first kappa shape index (κ1) is 13.3. The van der Waals surface area contributed by atoms with Gasteiger partial charge in [0.25, 0.3) is 5.69 Å². The number of nitro benzene ring substituents is 1. The van der Waals surface area contributed by atoms with Crippen LogP contribution in [0.25, 0.3) is 0 Å². The van der Waals surface area contributed by atoms with Crippen LogP contribution in [-0.4, -0.2) is 16.6 Å². The van der Waals surface area contributed by atoms with Crippen molar-refractivity contribution in [2.24, 2.45) is 5.92 Å². The summed E-state index contributed by atoms with van der Waals surface area (Å²) in [7, 11) is 0. The van der Waals surface area contributed by atoms with E-state index in [9.17, 15) is 15.2 Å². The van der Waals surface area contributed by atoms with Crippen LogP contribution in [0.3, 0.4) is 0 Å². The van der Waals surface area contributed by atoms with Crippen LogP contribution in [0.1, 0.15) is 26.7 Å². The number of anilines is 1. The molecule has 0 amide bonds. The fourth-order valence-electron chi connectivity index (χ4n) is 1.65. The molecule has 0 atom stereocenters. The zero-order chi connectivity index (χ0) is 12.8. The maximum absolute atomic E-state index is 10.8. The molecule has 0 spiro atoms. The first-order valence-electron chi connectivity index (χ1n) is 5.79. The normalized spacial score (nSPS) is 10.5. The average molecular weight is 238 g/mol. The van der Waals surface area contributed by atoms with Crippen molar-refractivity contribution in [1.29, 1.82) is 0 Å². The molecule has 5 heteroatoms. The molecule has 1 aromatic rings. The first-order valence-corrected chi connectivity index (χ1v) is 5.79. The quantitative estimate of drug-likeness (QED) is 0.453. The number of nitro groups is 1. The van der Waals surface area contributed by atoms with Crippen LogP contribution in [0.15, 0.2) is 18.2 Å². The SMILES string of the molecule is CCC(CC)CNc1ccc(O)cc1[N+](=O)[O-]. The maximum atomic E-state index is 10.8. The molecule has 0 aliphatic rings. The van der Waals surface area contributed by atoms with Crippen molar-refractivity contribution in [2.45, 2.75) is 26.7 Å². The Morgan fingerprint density at radius 3 is 2.59 bits per heavy atom. The van der Waals surface area contributed by atoms with Crippen molar-refractivity contribution in [2.75, 3.05) is 11.9 Å². The van der Waals surface area contributed by atoms with Gasteiger partial charge in [0, 0.05) is 6.54 Å². The monoisotopic (exact) mass is 238 g/mol. The molecular formula is C12H18N2O3. The summed E-state index contributed by atoms with van der Waals surface area (Å²) >= 11 is 0. The molecule has 2 N–H and O–H groups in total. The van der Waals surface area contributed by atoms with Gasteiger partial charge in [-0.15, -0.1) is 0 Å². The van der Waals surface area contributed by atoms with Crippen LogP contribution in [-0.2, 0) is 0 Å². The van der Waals surface area contributed by atoms with E-state index in [-0.39, 0.29) is 11.4 Å². The van der Waals surface area contributed by atoms with E-state index in [1.54, 1.807) is 0 Å². The molecule has 0 heterocycles. The molecule has 0 bridgehead atoms. The number of rotatable bonds is 6. The van der Waals surface area contributed by atoms with Crippen LogP contribution in [0.2, 0.25) is 0 Å². The van der Waals surface area contributed by atoms with Crippen LogP contribution >= 0.6 is 0 Å². The van der Waals surface area contributed by atoms with Gasteiger partial charge in [-0.3, -0.25) is 10.1 Å². The number of aromatic hydroxyl groups is 1. The lowest BCUT2D eigenvalue weighted by Crippen LogP contribution is -2.13. The number of hydrogen-bond donors (Lipinski definition) is 2. The highest BCUT2D eigenvalue weighted by Gasteiger charge is 2.15. The molecule has 0 saturated heterocycles. The molecule has 1 aromatic carbocycles. The average Bonchev–Trinajstić information content (AvgIpc) is 2.31. The Balaban J connectivity index is 2.80. The van der Waals surface area contributed by atoms with E-state index in [1.165, 1.54) is 12.1 Å². The zero-order valence-corrected chi connectivity index (χ0v) is 10.1. The van der Waals surface area contributed by atoms with Crippen molar-refractivity contribution < 1.29 is 10.0 Å². The molecule has 5 nitrogen and oxygen atoms in total. The molecule has 17 heavy (non-hydrogen) atoms. The minimum atomic E-state index is -0.491. The minimum Gasteiger partial charge on any atom is -0.508 e.